The molecule has 0 fully saturated rings. The number of aromatic nitrogens is 2. The van der Waals surface area contributed by atoms with Crippen molar-refractivity contribution in [3.05, 3.63) is 65.0 Å². The molecule has 0 saturated heterocycles. The smallest absolute Gasteiger partial charge is 0.111 e. The van der Waals surface area contributed by atoms with E-state index in [-0.39, 0.29) is 0 Å². The van der Waals surface area contributed by atoms with Crippen LogP contribution in [-0.4, -0.2) is 16.1 Å². The predicted octanol–water partition coefficient (Wildman–Crippen LogP) is 3.20. The number of benzene rings is 2. The highest BCUT2D eigenvalue weighted by molar-refractivity contribution is 5.76. The van der Waals surface area contributed by atoms with Crippen molar-refractivity contribution in [2.24, 2.45) is 5.73 Å². The second kappa shape index (κ2) is 5.70. The van der Waals surface area contributed by atoms with Gasteiger partial charge in [0.15, 0.2) is 0 Å². The molecule has 108 valence electrons. The minimum atomic E-state index is 0.621. The molecule has 0 unspecified atom stereocenters. The van der Waals surface area contributed by atoms with Crippen LogP contribution in [0.15, 0.2) is 42.5 Å². The van der Waals surface area contributed by atoms with Gasteiger partial charge in [-0.1, -0.05) is 35.9 Å². The number of hydrogen-bond donors (Lipinski definition) is 1. The van der Waals surface area contributed by atoms with Crippen LogP contribution < -0.4 is 5.73 Å². The molecule has 1 aromatic heterocycles. The first kappa shape index (κ1) is 13.8. The molecule has 0 bridgehead atoms. The van der Waals surface area contributed by atoms with Crippen molar-refractivity contribution in [1.29, 1.82) is 0 Å². The monoisotopic (exact) mass is 279 g/mol. The van der Waals surface area contributed by atoms with Crippen molar-refractivity contribution in [2.75, 3.05) is 6.54 Å². The Balaban J connectivity index is 2.10. The molecule has 2 N–H and O–H groups in total. The Morgan fingerprint density at radius 3 is 2.71 bits per heavy atom. The maximum atomic E-state index is 5.75. The second-order valence-electron chi connectivity index (χ2n) is 5.57. The van der Waals surface area contributed by atoms with E-state index >= 15 is 0 Å². The lowest BCUT2D eigenvalue weighted by molar-refractivity contribution is 0.731. The lowest BCUT2D eigenvalue weighted by Gasteiger charge is -2.12. The van der Waals surface area contributed by atoms with E-state index in [9.17, 15) is 0 Å². The highest BCUT2D eigenvalue weighted by Crippen LogP contribution is 2.20. The predicted molar refractivity (Wildman–Crippen MR) is 87.5 cm³/mol. The molecule has 3 heteroatoms. The third-order valence-electron chi connectivity index (χ3n) is 3.93. The fourth-order valence-electron chi connectivity index (χ4n) is 2.76. The average Bonchev–Trinajstić information content (AvgIpc) is 2.81. The number of para-hydroxylation sites is 2. The van der Waals surface area contributed by atoms with Gasteiger partial charge in [-0.15, -0.1) is 0 Å². The highest BCUT2D eigenvalue weighted by Gasteiger charge is 2.11. The van der Waals surface area contributed by atoms with Crippen LogP contribution in [0.4, 0.5) is 0 Å². The molecule has 0 radical (unpaired) electrons. The molecular formula is C18H21N3. The number of hydrogen-bond acceptors (Lipinski definition) is 2. The van der Waals surface area contributed by atoms with E-state index < -0.39 is 0 Å². The van der Waals surface area contributed by atoms with Gasteiger partial charge in [-0.25, -0.2) is 4.98 Å². The van der Waals surface area contributed by atoms with Crippen molar-refractivity contribution in [2.45, 2.75) is 26.8 Å². The molecule has 2 aromatic carbocycles. The van der Waals surface area contributed by atoms with Gasteiger partial charge in [-0.2, -0.15) is 0 Å². The van der Waals surface area contributed by atoms with Crippen LogP contribution in [0.3, 0.4) is 0 Å². The summed E-state index contributed by atoms with van der Waals surface area (Å²) in [7, 11) is 0. The SMILES string of the molecule is Cc1ccc(C)c(Cn2c(CCN)nc3ccccc32)c1. The van der Waals surface area contributed by atoms with E-state index in [0.717, 1.165) is 24.3 Å². The van der Waals surface area contributed by atoms with E-state index in [0.29, 0.717) is 6.54 Å². The van der Waals surface area contributed by atoms with Gasteiger partial charge in [0.2, 0.25) is 0 Å². The van der Waals surface area contributed by atoms with Gasteiger partial charge in [0, 0.05) is 13.0 Å². The number of rotatable bonds is 4. The lowest BCUT2D eigenvalue weighted by Crippen LogP contribution is -2.11. The van der Waals surface area contributed by atoms with Crippen LogP contribution in [0.2, 0.25) is 0 Å². The minimum Gasteiger partial charge on any atom is -0.330 e. The summed E-state index contributed by atoms with van der Waals surface area (Å²) in [5, 5.41) is 0. The average molecular weight is 279 g/mol. The number of fused-ring (bicyclic) bond motifs is 1. The van der Waals surface area contributed by atoms with E-state index in [1.807, 2.05) is 6.07 Å². The molecule has 0 aliphatic rings. The van der Waals surface area contributed by atoms with Gasteiger partial charge in [0.25, 0.3) is 0 Å². The Kier molecular flexibility index (Phi) is 3.76. The molecule has 0 saturated carbocycles. The topological polar surface area (TPSA) is 43.8 Å². The quantitative estimate of drug-likeness (QED) is 0.797. The molecule has 3 aromatic rings. The van der Waals surface area contributed by atoms with Gasteiger partial charge >= 0.3 is 0 Å². The van der Waals surface area contributed by atoms with Gasteiger partial charge < -0.3 is 10.3 Å². The van der Waals surface area contributed by atoms with Crippen molar-refractivity contribution >= 4 is 11.0 Å². The molecular weight excluding hydrogens is 258 g/mol. The van der Waals surface area contributed by atoms with E-state index in [1.165, 1.54) is 22.2 Å². The Morgan fingerprint density at radius 2 is 1.90 bits per heavy atom. The lowest BCUT2D eigenvalue weighted by atomic mass is 10.1. The summed E-state index contributed by atoms with van der Waals surface area (Å²) in [5.74, 6) is 1.07. The highest BCUT2D eigenvalue weighted by atomic mass is 15.1. The Hall–Kier alpha value is -2.13. The Labute approximate surface area is 125 Å². The summed E-state index contributed by atoms with van der Waals surface area (Å²) in [6.07, 6.45) is 0.805. The third kappa shape index (κ3) is 2.69. The number of aryl methyl sites for hydroxylation is 2. The molecule has 1 heterocycles. The Bertz CT molecular complexity index is 771. The first-order chi connectivity index (χ1) is 10.2. The van der Waals surface area contributed by atoms with Crippen molar-refractivity contribution in [1.82, 2.24) is 9.55 Å². The van der Waals surface area contributed by atoms with Crippen LogP contribution in [0.25, 0.3) is 11.0 Å². The molecule has 0 atom stereocenters. The number of imidazole rings is 1. The molecule has 0 amide bonds. The third-order valence-corrected chi connectivity index (χ3v) is 3.93. The zero-order chi connectivity index (χ0) is 14.8. The van der Waals surface area contributed by atoms with Crippen molar-refractivity contribution in [3.8, 4) is 0 Å². The standard InChI is InChI=1S/C18H21N3/c1-13-7-8-14(2)15(11-13)12-21-17-6-4-3-5-16(17)20-18(21)9-10-19/h3-8,11H,9-10,12,19H2,1-2H3. The maximum absolute atomic E-state index is 5.75. The van der Waals surface area contributed by atoms with E-state index in [4.69, 9.17) is 10.7 Å². The summed E-state index contributed by atoms with van der Waals surface area (Å²) < 4.78 is 2.30. The largest absolute Gasteiger partial charge is 0.330 e. The van der Waals surface area contributed by atoms with Crippen LogP contribution in [0.5, 0.6) is 0 Å². The molecule has 0 aliphatic carbocycles. The molecule has 0 spiro atoms. The Morgan fingerprint density at radius 1 is 1.10 bits per heavy atom. The normalized spacial score (nSPS) is 11.2. The first-order valence-electron chi connectivity index (χ1n) is 7.39. The molecule has 0 aliphatic heterocycles. The summed E-state index contributed by atoms with van der Waals surface area (Å²) in [4.78, 5) is 4.73. The van der Waals surface area contributed by atoms with E-state index in [1.54, 1.807) is 0 Å². The minimum absolute atomic E-state index is 0.621. The fourth-order valence-corrected chi connectivity index (χ4v) is 2.76. The zero-order valence-electron chi connectivity index (χ0n) is 12.6. The molecule has 3 rings (SSSR count). The molecule has 21 heavy (non-hydrogen) atoms. The maximum Gasteiger partial charge on any atom is 0.111 e. The van der Waals surface area contributed by atoms with Crippen molar-refractivity contribution < 1.29 is 0 Å². The van der Waals surface area contributed by atoms with Gasteiger partial charge in [0.1, 0.15) is 5.82 Å². The zero-order valence-corrected chi connectivity index (χ0v) is 12.6. The summed E-state index contributed by atoms with van der Waals surface area (Å²) in [6, 6.07) is 14.9. The van der Waals surface area contributed by atoms with Gasteiger partial charge in [-0.05, 0) is 43.7 Å². The van der Waals surface area contributed by atoms with Crippen LogP contribution in [-0.2, 0) is 13.0 Å². The summed E-state index contributed by atoms with van der Waals surface area (Å²) in [6.45, 7) is 5.77. The van der Waals surface area contributed by atoms with Crippen LogP contribution >= 0.6 is 0 Å². The van der Waals surface area contributed by atoms with Crippen molar-refractivity contribution in [3.63, 3.8) is 0 Å². The van der Waals surface area contributed by atoms with Crippen LogP contribution in [0, 0.1) is 13.8 Å². The number of nitrogens with two attached hydrogens (primary N) is 1. The first-order valence-corrected chi connectivity index (χ1v) is 7.39. The van der Waals surface area contributed by atoms with Gasteiger partial charge in [-0.3, -0.25) is 0 Å². The fraction of sp³-hybridized carbons (Fsp3) is 0.278. The summed E-state index contributed by atoms with van der Waals surface area (Å²) in [5.41, 5.74) is 11.9. The van der Waals surface area contributed by atoms with Gasteiger partial charge in [0.05, 0.1) is 11.0 Å². The second-order valence-corrected chi connectivity index (χ2v) is 5.57. The number of nitrogens with zero attached hydrogens (tertiary/aromatic N) is 2. The molecule has 3 nitrogen and oxygen atoms in total. The van der Waals surface area contributed by atoms with Crippen LogP contribution in [0.1, 0.15) is 22.5 Å². The van der Waals surface area contributed by atoms with E-state index in [2.05, 4.69) is 54.8 Å². The summed E-state index contributed by atoms with van der Waals surface area (Å²) >= 11 is 0.